The van der Waals surface area contributed by atoms with Crippen LogP contribution in [0.4, 0.5) is 5.69 Å². The van der Waals surface area contributed by atoms with Gasteiger partial charge in [0.2, 0.25) is 5.91 Å². The van der Waals surface area contributed by atoms with Gasteiger partial charge in [-0.2, -0.15) is 0 Å². The Morgan fingerprint density at radius 2 is 1.95 bits per heavy atom. The van der Waals surface area contributed by atoms with Gasteiger partial charge in [-0.05, 0) is 42.3 Å². The second-order valence-corrected chi connectivity index (χ2v) is 4.85. The maximum Gasteiger partial charge on any atom is 0.239 e. The average Bonchev–Trinajstić information content (AvgIpc) is 2.51. The van der Waals surface area contributed by atoms with Crippen molar-refractivity contribution >= 4 is 11.6 Å². The van der Waals surface area contributed by atoms with Crippen molar-refractivity contribution in [1.82, 2.24) is 5.32 Å². The SMILES string of the molecule is COc1cccc(CNC(=O)CNc2cccc(C)c2)c1. The lowest BCUT2D eigenvalue weighted by atomic mass is 10.2. The third-order valence-corrected chi connectivity index (χ3v) is 3.09. The first-order chi connectivity index (χ1) is 10.2. The van der Waals surface area contributed by atoms with E-state index in [0.717, 1.165) is 22.6 Å². The lowest BCUT2D eigenvalue weighted by Gasteiger charge is -2.09. The van der Waals surface area contributed by atoms with Crippen molar-refractivity contribution in [2.45, 2.75) is 13.5 Å². The molecule has 0 spiro atoms. The van der Waals surface area contributed by atoms with Crippen LogP contribution in [0.3, 0.4) is 0 Å². The molecular weight excluding hydrogens is 264 g/mol. The highest BCUT2D eigenvalue weighted by molar-refractivity contribution is 5.80. The van der Waals surface area contributed by atoms with Gasteiger partial charge in [0.15, 0.2) is 0 Å². The first-order valence-corrected chi connectivity index (χ1v) is 6.87. The monoisotopic (exact) mass is 284 g/mol. The first kappa shape index (κ1) is 14.9. The number of methoxy groups -OCH3 is 1. The van der Waals surface area contributed by atoms with Crippen molar-refractivity contribution in [3.8, 4) is 5.75 Å². The molecule has 0 fully saturated rings. The van der Waals surface area contributed by atoms with Gasteiger partial charge in [0.25, 0.3) is 0 Å². The molecule has 0 bridgehead atoms. The van der Waals surface area contributed by atoms with E-state index in [1.807, 2.05) is 55.5 Å². The number of ether oxygens (including phenoxy) is 1. The molecule has 2 rings (SSSR count). The zero-order chi connectivity index (χ0) is 15.1. The fourth-order valence-electron chi connectivity index (χ4n) is 1.98. The van der Waals surface area contributed by atoms with E-state index in [1.165, 1.54) is 0 Å². The zero-order valence-electron chi connectivity index (χ0n) is 12.3. The molecule has 0 aliphatic heterocycles. The Hall–Kier alpha value is -2.49. The Bertz CT molecular complexity index is 611. The quantitative estimate of drug-likeness (QED) is 0.857. The zero-order valence-corrected chi connectivity index (χ0v) is 12.3. The van der Waals surface area contributed by atoms with E-state index >= 15 is 0 Å². The molecule has 0 atom stereocenters. The van der Waals surface area contributed by atoms with E-state index < -0.39 is 0 Å². The molecule has 0 heterocycles. The maximum absolute atomic E-state index is 11.8. The third kappa shape index (κ3) is 4.84. The molecule has 0 aromatic heterocycles. The summed E-state index contributed by atoms with van der Waals surface area (Å²) in [6, 6.07) is 15.6. The van der Waals surface area contributed by atoms with Gasteiger partial charge in [0.1, 0.15) is 5.75 Å². The smallest absolute Gasteiger partial charge is 0.239 e. The molecule has 2 aromatic carbocycles. The molecule has 0 aliphatic carbocycles. The number of anilines is 1. The van der Waals surface area contributed by atoms with Crippen LogP contribution in [0.15, 0.2) is 48.5 Å². The number of hydrogen-bond acceptors (Lipinski definition) is 3. The number of rotatable bonds is 6. The summed E-state index contributed by atoms with van der Waals surface area (Å²) in [4.78, 5) is 11.8. The summed E-state index contributed by atoms with van der Waals surface area (Å²) in [7, 11) is 1.63. The summed E-state index contributed by atoms with van der Waals surface area (Å²) >= 11 is 0. The van der Waals surface area contributed by atoms with Gasteiger partial charge in [-0.1, -0.05) is 24.3 Å². The van der Waals surface area contributed by atoms with Gasteiger partial charge in [-0.3, -0.25) is 4.79 Å². The normalized spacial score (nSPS) is 10.0. The van der Waals surface area contributed by atoms with Crippen LogP contribution in [0, 0.1) is 6.92 Å². The summed E-state index contributed by atoms with van der Waals surface area (Å²) in [5.41, 5.74) is 3.13. The fourth-order valence-corrected chi connectivity index (χ4v) is 1.98. The fraction of sp³-hybridized carbons (Fsp3) is 0.235. The second-order valence-electron chi connectivity index (χ2n) is 4.85. The minimum Gasteiger partial charge on any atom is -0.497 e. The summed E-state index contributed by atoms with van der Waals surface area (Å²) in [5.74, 6) is 0.749. The van der Waals surface area contributed by atoms with Crippen molar-refractivity contribution < 1.29 is 9.53 Å². The van der Waals surface area contributed by atoms with E-state index in [0.29, 0.717) is 6.54 Å². The molecule has 21 heavy (non-hydrogen) atoms. The predicted octanol–water partition coefficient (Wildman–Crippen LogP) is 2.73. The highest BCUT2D eigenvalue weighted by Crippen LogP contribution is 2.12. The summed E-state index contributed by atoms with van der Waals surface area (Å²) in [5, 5.41) is 5.99. The Kier molecular flexibility index (Phi) is 5.21. The van der Waals surface area contributed by atoms with Gasteiger partial charge in [0.05, 0.1) is 13.7 Å². The second kappa shape index (κ2) is 7.33. The van der Waals surface area contributed by atoms with Gasteiger partial charge >= 0.3 is 0 Å². The summed E-state index contributed by atoms with van der Waals surface area (Å²) in [6.07, 6.45) is 0. The third-order valence-electron chi connectivity index (χ3n) is 3.09. The Morgan fingerprint density at radius 3 is 2.71 bits per heavy atom. The topological polar surface area (TPSA) is 50.4 Å². The maximum atomic E-state index is 11.8. The number of nitrogens with one attached hydrogen (secondary N) is 2. The molecule has 110 valence electrons. The molecule has 1 amide bonds. The molecule has 2 aromatic rings. The van der Waals surface area contributed by atoms with E-state index in [2.05, 4.69) is 10.6 Å². The average molecular weight is 284 g/mol. The van der Waals surface area contributed by atoms with Crippen LogP contribution in [0.25, 0.3) is 0 Å². The van der Waals surface area contributed by atoms with Gasteiger partial charge < -0.3 is 15.4 Å². The number of aryl methyl sites for hydroxylation is 1. The van der Waals surface area contributed by atoms with E-state index in [1.54, 1.807) is 7.11 Å². The number of carbonyl (C=O) groups is 1. The van der Waals surface area contributed by atoms with Crippen molar-refractivity contribution in [2.24, 2.45) is 0 Å². The molecule has 0 saturated heterocycles. The van der Waals surface area contributed by atoms with Crippen LogP contribution in [0.1, 0.15) is 11.1 Å². The Labute approximate surface area is 125 Å². The molecule has 0 saturated carbocycles. The van der Waals surface area contributed by atoms with E-state index in [4.69, 9.17) is 4.74 Å². The minimum absolute atomic E-state index is 0.0423. The van der Waals surface area contributed by atoms with Crippen molar-refractivity contribution in [3.05, 3.63) is 59.7 Å². The molecule has 0 unspecified atom stereocenters. The van der Waals surface area contributed by atoms with Crippen LogP contribution >= 0.6 is 0 Å². The Balaban J connectivity index is 1.79. The lowest BCUT2D eigenvalue weighted by molar-refractivity contribution is -0.119. The first-order valence-electron chi connectivity index (χ1n) is 6.87. The Morgan fingerprint density at radius 1 is 1.14 bits per heavy atom. The molecule has 0 radical (unpaired) electrons. The molecule has 0 aliphatic rings. The number of benzene rings is 2. The standard InChI is InChI=1S/C17H20N2O2/c1-13-5-3-7-15(9-13)18-12-17(20)19-11-14-6-4-8-16(10-14)21-2/h3-10,18H,11-12H2,1-2H3,(H,19,20). The number of amides is 1. The van der Waals surface area contributed by atoms with E-state index in [9.17, 15) is 4.79 Å². The number of carbonyl (C=O) groups excluding carboxylic acids is 1. The van der Waals surface area contributed by atoms with Crippen LogP contribution in [0.5, 0.6) is 5.75 Å². The summed E-state index contributed by atoms with van der Waals surface area (Å²) in [6.45, 7) is 2.77. The van der Waals surface area contributed by atoms with Gasteiger partial charge in [0, 0.05) is 12.2 Å². The highest BCUT2D eigenvalue weighted by atomic mass is 16.5. The van der Waals surface area contributed by atoms with Crippen molar-refractivity contribution in [2.75, 3.05) is 19.0 Å². The highest BCUT2D eigenvalue weighted by Gasteiger charge is 2.02. The molecule has 4 nitrogen and oxygen atoms in total. The molecular formula is C17H20N2O2. The minimum atomic E-state index is -0.0423. The lowest BCUT2D eigenvalue weighted by Crippen LogP contribution is -2.29. The van der Waals surface area contributed by atoms with Crippen LogP contribution in [0.2, 0.25) is 0 Å². The summed E-state index contributed by atoms with van der Waals surface area (Å²) < 4.78 is 5.15. The molecule has 4 heteroatoms. The van der Waals surface area contributed by atoms with E-state index in [-0.39, 0.29) is 12.5 Å². The van der Waals surface area contributed by atoms with Gasteiger partial charge in [-0.15, -0.1) is 0 Å². The van der Waals surface area contributed by atoms with Crippen LogP contribution < -0.4 is 15.4 Å². The van der Waals surface area contributed by atoms with Gasteiger partial charge in [-0.25, -0.2) is 0 Å². The van der Waals surface area contributed by atoms with Crippen molar-refractivity contribution in [1.29, 1.82) is 0 Å². The van der Waals surface area contributed by atoms with Crippen molar-refractivity contribution in [3.63, 3.8) is 0 Å². The van der Waals surface area contributed by atoms with Crippen LogP contribution in [-0.4, -0.2) is 19.6 Å². The largest absolute Gasteiger partial charge is 0.497 e. The molecule has 2 N–H and O–H groups in total. The number of hydrogen-bond donors (Lipinski definition) is 2. The van der Waals surface area contributed by atoms with Crippen LogP contribution in [-0.2, 0) is 11.3 Å². The predicted molar refractivity (Wildman–Crippen MR) is 84.5 cm³/mol.